The summed E-state index contributed by atoms with van der Waals surface area (Å²) in [4.78, 5) is 20.0. The van der Waals surface area contributed by atoms with Crippen LogP contribution in [-0.2, 0) is 9.59 Å². The van der Waals surface area contributed by atoms with Gasteiger partial charge in [0, 0.05) is 13.8 Å². The number of nitrogens with one attached hydrogen (secondary N) is 1. The van der Waals surface area contributed by atoms with Crippen molar-refractivity contribution >= 4 is 49.7 Å². The molecule has 0 amide bonds. The molecule has 0 aliphatic carbocycles. The molecule has 0 aromatic rings. The maximum atomic E-state index is 10.1. The van der Waals surface area contributed by atoms with Crippen LogP contribution >= 0.6 is 0 Å². The molecule has 0 aromatic heterocycles. The number of carbonyl (C=O) groups is 2. The molecule has 0 bridgehead atoms. The predicted octanol–water partition coefficient (Wildman–Crippen LogP) is -3.92. The topological polar surface area (TPSA) is 92.3 Å². The van der Waals surface area contributed by atoms with Gasteiger partial charge in [0.2, 0.25) is 0 Å². The summed E-state index contributed by atoms with van der Waals surface area (Å²) < 4.78 is 6.56. The number of carbonyl (C=O) groups excluding carboxylic acids is 2. The standard InChI is InChI=1S/C5H9NO4.Ca/c1-6-3(5(9)10)2-4(7)8;/h3,6H,2H2,1H3,(H,7,8)(H,9,10);/q;+2/p-2/t3-;/m0./s1/i1D;. The molecule has 5 nitrogen and oxygen atoms in total. The number of aliphatic carboxylic acids is 2. The van der Waals surface area contributed by atoms with E-state index in [0.29, 0.717) is 0 Å². The molecule has 1 atom stereocenters. The molecule has 0 radical (unpaired) electrons. The van der Waals surface area contributed by atoms with Crippen LogP contribution in [0.3, 0.4) is 0 Å². The van der Waals surface area contributed by atoms with Crippen molar-refractivity contribution in [3.63, 3.8) is 0 Å². The first-order valence-electron chi connectivity index (χ1n) is 3.22. The molecule has 0 rings (SSSR count). The molecule has 1 N–H and O–H groups in total. The Morgan fingerprint density at radius 1 is 1.64 bits per heavy atom. The van der Waals surface area contributed by atoms with Crippen LogP contribution in [0, 0.1) is 0 Å². The van der Waals surface area contributed by atoms with E-state index in [1.54, 1.807) is 0 Å². The molecule has 0 aliphatic heterocycles. The number of hydrogen-bond acceptors (Lipinski definition) is 5. The van der Waals surface area contributed by atoms with Crippen LogP contribution in [0.4, 0.5) is 0 Å². The van der Waals surface area contributed by atoms with Gasteiger partial charge in [-0.25, -0.2) is 0 Å². The van der Waals surface area contributed by atoms with Crippen LogP contribution in [0.5, 0.6) is 0 Å². The van der Waals surface area contributed by atoms with Gasteiger partial charge >= 0.3 is 37.7 Å². The molecule has 11 heavy (non-hydrogen) atoms. The van der Waals surface area contributed by atoms with Crippen molar-refractivity contribution in [2.75, 3.05) is 7.02 Å². The molecular formula is C5H7CaNO4. The van der Waals surface area contributed by atoms with Gasteiger partial charge in [-0.3, -0.25) is 0 Å². The third-order valence-corrected chi connectivity index (χ3v) is 0.902. The largest absolute Gasteiger partial charge is 2.00 e. The van der Waals surface area contributed by atoms with E-state index in [9.17, 15) is 19.8 Å². The maximum Gasteiger partial charge on any atom is 2.00 e. The first-order valence-corrected chi connectivity index (χ1v) is 2.51. The van der Waals surface area contributed by atoms with Crippen LogP contribution in [0.25, 0.3) is 0 Å². The fourth-order valence-corrected chi connectivity index (χ4v) is 0.406. The molecule has 0 heterocycles. The second-order valence-corrected chi connectivity index (χ2v) is 1.65. The summed E-state index contributed by atoms with van der Waals surface area (Å²) in [5.41, 5.74) is 0. The van der Waals surface area contributed by atoms with E-state index >= 15 is 0 Å². The SMILES string of the molecule is [2H]CN[C@@H](CC(=O)[O-])C(=O)[O-].[Ca+2]. The number of carboxylic acids is 2. The Balaban J connectivity index is 0. The molecule has 0 unspecified atom stereocenters. The van der Waals surface area contributed by atoms with Gasteiger partial charge in [-0.1, -0.05) is 0 Å². The smallest absolute Gasteiger partial charge is 0.550 e. The fourth-order valence-electron chi connectivity index (χ4n) is 0.406. The Morgan fingerprint density at radius 2 is 2.18 bits per heavy atom. The molecule has 0 saturated carbocycles. The van der Waals surface area contributed by atoms with Crippen molar-refractivity contribution < 1.29 is 21.2 Å². The van der Waals surface area contributed by atoms with Gasteiger partial charge in [-0.15, -0.1) is 0 Å². The first kappa shape index (κ1) is 11.2. The third kappa shape index (κ3) is 6.55. The molecule has 58 valence electrons. The van der Waals surface area contributed by atoms with E-state index in [4.69, 9.17) is 1.37 Å². The Bertz CT molecular complexity index is 166. The van der Waals surface area contributed by atoms with Gasteiger partial charge in [0.25, 0.3) is 0 Å². The molecule has 0 saturated heterocycles. The quantitative estimate of drug-likeness (QED) is 0.453. The molecular weight excluding hydrogens is 178 g/mol. The van der Waals surface area contributed by atoms with Gasteiger partial charge in [-0.2, -0.15) is 0 Å². The van der Waals surface area contributed by atoms with Crippen molar-refractivity contribution in [2.24, 2.45) is 0 Å². The molecule has 0 fully saturated rings. The van der Waals surface area contributed by atoms with Gasteiger partial charge in [0.05, 0.1) is 12.0 Å². The van der Waals surface area contributed by atoms with Crippen LogP contribution in [-0.4, -0.2) is 62.7 Å². The van der Waals surface area contributed by atoms with Gasteiger partial charge < -0.3 is 25.1 Å². The monoisotopic (exact) mass is 186 g/mol. The summed E-state index contributed by atoms with van der Waals surface area (Å²) in [5.74, 6) is -3.03. The number of likely N-dealkylation sites (N-methyl/N-ethyl adjacent to an activating group) is 1. The summed E-state index contributed by atoms with van der Waals surface area (Å²) in [6, 6.07) is -1.34. The van der Waals surface area contributed by atoms with Crippen molar-refractivity contribution in [3.05, 3.63) is 0 Å². The molecule has 0 aliphatic rings. The van der Waals surface area contributed by atoms with Crippen molar-refractivity contribution in [1.29, 1.82) is 0 Å². The summed E-state index contributed by atoms with van der Waals surface area (Å²) in [7, 11) is -0.369. The minimum absolute atomic E-state index is 0. The van der Waals surface area contributed by atoms with Crippen molar-refractivity contribution in [1.82, 2.24) is 5.32 Å². The minimum Gasteiger partial charge on any atom is -0.550 e. The zero-order valence-electron chi connectivity index (χ0n) is 6.83. The van der Waals surface area contributed by atoms with E-state index in [1.807, 2.05) is 0 Å². The molecule has 0 aromatic carbocycles. The Hall–Kier alpha value is 0.160. The Morgan fingerprint density at radius 3 is 2.45 bits per heavy atom. The average Bonchev–Trinajstić information content (AvgIpc) is 1.86. The number of carboxylic acid groups (broad SMARTS) is 2. The Kier molecular flexibility index (Phi) is 6.94. The van der Waals surface area contributed by atoms with Gasteiger partial charge in [0.1, 0.15) is 0 Å². The maximum absolute atomic E-state index is 10.1. The summed E-state index contributed by atoms with van der Waals surface area (Å²) >= 11 is 0. The van der Waals surface area contributed by atoms with E-state index in [2.05, 4.69) is 5.32 Å². The fraction of sp³-hybridized carbons (Fsp3) is 0.600. The zero-order valence-corrected chi connectivity index (χ0v) is 8.04. The summed E-state index contributed by atoms with van der Waals surface area (Å²) in [5, 5.41) is 22.1. The van der Waals surface area contributed by atoms with Crippen molar-refractivity contribution in [3.8, 4) is 0 Å². The van der Waals surface area contributed by atoms with Gasteiger partial charge in [-0.05, 0) is 7.02 Å². The van der Waals surface area contributed by atoms with E-state index in [0.717, 1.165) is 0 Å². The molecule has 0 spiro atoms. The third-order valence-electron chi connectivity index (χ3n) is 0.902. The van der Waals surface area contributed by atoms with Crippen LogP contribution in [0.15, 0.2) is 0 Å². The van der Waals surface area contributed by atoms with Crippen molar-refractivity contribution in [2.45, 2.75) is 12.5 Å². The van der Waals surface area contributed by atoms with Crippen LogP contribution < -0.4 is 15.5 Å². The van der Waals surface area contributed by atoms with Crippen LogP contribution in [0.2, 0.25) is 0 Å². The van der Waals surface area contributed by atoms with Gasteiger partial charge in [0.15, 0.2) is 0 Å². The second kappa shape index (κ2) is 6.84. The second-order valence-electron chi connectivity index (χ2n) is 1.65. The average molecular weight is 186 g/mol. The summed E-state index contributed by atoms with van der Waals surface area (Å²) in [6.07, 6.45) is -0.679. The number of rotatable bonds is 4. The number of hydrogen-bond donors (Lipinski definition) is 1. The minimum atomic E-state index is -1.54. The van der Waals surface area contributed by atoms with E-state index in [-0.39, 0.29) is 44.8 Å². The van der Waals surface area contributed by atoms with E-state index in [1.165, 1.54) is 0 Å². The summed E-state index contributed by atoms with van der Waals surface area (Å²) in [6.45, 7) is 0. The normalized spacial score (nSPS) is 12.5. The first-order chi connectivity index (χ1) is 5.07. The van der Waals surface area contributed by atoms with E-state index < -0.39 is 24.4 Å². The molecule has 6 heteroatoms. The predicted molar refractivity (Wildman–Crippen MR) is 33.2 cm³/mol. The van der Waals surface area contributed by atoms with Crippen LogP contribution in [0.1, 0.15) is 7.79 Å². The zero-order chi connectivity index (χ0) is 8.85. The Labute approximate surface area is 95.2 Å².